The predicted molar refractivity (Wildman–Crippen MR) is 96.2 cm³/mol. The Kier molecular flexibility index (Phi) is 3.90. The Bertz CT molecular complexity index is 867. The zero-order valence-electron chi connectivity index (χ0n) is 14.1. The van der Waals surface area contributed by atoms with E-state index in [-0.39, 0.29) is 0 Å². The van der Waals surface area contributed by atoms with Crippen LogP contribution >= 0.6 is 0 Å². The molecule has 0 bridgehead atoms. The van der Waals surface area contributed by atoms with Gasteiger partial charge in [0, 0.05) is 41.5 Å². The topological polar surface area (TPSA) is 69.7 Å². The average Bonchev–Trinajstić information content (AvgIpc) is 3.22. The second-order valence-corrected chi connectivity index (χ2v) is 6.53. The lowest BCUT2D eigenvalue weighted by atomic mass is 10.0. The summed E-state index contributed by atoms with van der Waals surface area (Å²) in [6.45, 7) is 1.82. The number of pyridine rings is 1. The molecule has 6 nitrogen and oxygen atoms in total. The zero-order chi connectivity index (χ0) is 16.5. The Balaban J connectivity index is 1.77. The highest BCUT2D eigenvalue weighted by atomic mass is 15.1. The first-order chi connectivity index (χ1) is 11.7. The molecule has 124 valence electrons. The highest BCUT2D eigenvalue weighted by Gasteiger charge is 2.20. The molecule has 0 aliphatic heterocycles. The number of fused-ring (bicyclic) bond motifs is 2. The minimum atomic E-state index is 0.855. The predicted octanol–water partition coefficient (Wildman–Crippen LogP) is 2.48. The number of hydrogen-bond donors (Lipinski definition) is 2. The molecule has 0 saturated carbocycles. The van der Waals surface area contributed by atoms with Crippen LogP contribution in [-0.4, -0.2) is 52.0 Å². The fraction of sp³-hybridized carbons (Fsp3) is 0.389. The van der Waals surface area contributed by atoms with E-state index < -0.39 is 0 Å². The molecule has 6 heteroatoms. The van der Waals surface area contributed by atoms with Gasteiger partial charge in [0.1, 0.15) is 17.8 Å². The molecular formula is C18H22N6. The van der Waals surface area contributed by atoms with Gasteiger partial charge in [0.15, 0.2) is 0 Å². The van der Waals surface area contributed by atoms with Crippen molar-refractivity contribution in [3.8, 4) is 11.3 Å². The second kappa shape index (κ2) is 6.20. The molecular weight excluding hydrogens is 300 g/mol. The summed E-state index contributed by atoms with van der Waals surface area (Å²) >= 11 is 0. The van der Waals surface area contributed by atoms with Crippen molar-refractivity contribution < 1.29 is 0 Å². The number of aromatic amines is 1. The van der Waals surface area contributed by atoms with E-state index in [1.165, 1.54) is 11.3 Å². The number of hydrogen-bond acceptors (Lipinski definition) is 5. The summed E-state index contributed by atoms with van der Waals surface area (Å²) in [5.74, 6) is 0.882. The maximum absolute atomic E-state index is 4.68. The van der Waals surface area contributed by atoms with Gasteiger partial charge in [-0.25, -0.2) is 15.0 Å². The second-order valence-electron chi connectivity index (χ2n) is 6.53. The van der Waals surface area contributed by atoms with E-state index in [0.717, 1.165) is 60.5 Å². The summed E-state index contributed by atoms with van der Waals surface area (Å²) in [6.07, 6.45) is 6.91. The molecule has 1 aliphatic rings. The Morgan fingerprint density at radius 1 is 1.25 bits per heavy atom. The van der Waals surface area contributed by atoms with Crippen LogP contribution in [-0.2, 0) is 12.8 Å². The maximum atomic E-state index is 4.68. The van der Waals surface area contributed by atoms with Crippen molar-refractivity contribution in [3.05, 3.63) is 35.9 Å². The molecule has 0 spiro atoms. The lowest BCUT2D eigenvalue weighted by Gasteiger charge is -2.13. The summed E-state index contributed by atoms with van der Waals surface area (Å²) in [5, 5.41) is 4.53. The summed E-state index contributed by atoms with van der Waals surface area (Å²) in [5.41, 5.74) is 5.58. The molecule has 0 amide bonds. The standard InChI is InChI=1S/C18H22N6/c1-24(2)9-8-19-16-10-14(12-6-7-20-18(12)23-16)17-13-4-3-5-15(13)21-11-22-17/h6-7,10-11H,3-5,8-9H2,1-2H3,(H2,19,20,23). The molecule has 3 aromatic rings. The van der Waals surface area contributed by atoms with Crippen LogP contribution in [0.4, 0.5) is 5.82 Å². The van der Waals surface area contributed by atoms with E-state index in [1.807, 2.05) is 6.20 Å². The molecule has 0 fully saturated rings. The number of likely N-dealkylation sites (N-methyl/N-ethyl adjacent to an activating group) is 1. The first-order valence-corrected chi connectivity index (χ1v) is 8.42. The van der Waals surface area contributed by atoms with Crippen LogP contribution in [0, 0.1) is 0 Å². The lowest BCUT2D eigenvalue weighted by Crippen LogP contribution is -2.21. The van der Waals surface area contributed by atoms with Gasteiger partial charge in [-0.1, -0.05) is 0 Å². The van der Waals surface area contributed by atoms with Crippen LogP contribution in [0.1, 0.15) is 17.7 Å². The molecule has 0 atom stereocenters. The van der Waals surface area contributed by atoms with Crippen LogP contribution in [0.25, 0.3) is 22.3 Å². The number of nitrogens with one attached hydrogen (secondary N) is 2. The molecule has 4 rings (SSSR count). The molecule has 2 N–H and O–H groups in total. The van der Waals surface area contributed by atoms with E-state index >= 15 is 0 Å². The van der Waals surface area contributed by atoms with E-state index in [9.17, 15) is 0 Å². The van der Waals surface area contributed by atoms with Crippen molar-refractivity contribution in [1.82, 2.24) is 24.8 Å². The lowest BCUT2D eigenvalue weighted by molar-refractivity contribution is 0.425. The Morgan fingerprint density at radius 3 is 3.04 bits per heavy atom. The van der Waals surface area contributed by atoms with Gasteiger partial charge in [0.2, 0.25) is 0 Å². The largest absolute Gasteiger partial charge is 0.369 e. The van der Waals surface area contributed by atoms with Gasteiger partial charge in [-0.05, 0) is 45.5 Å². The first kappa shape index (κ1) is 15.1. The quantitative estimate of drug-likeness (QED) is 0.755. The maximum Gasteiger partial charge on any atom is 0.140 e. The van der Waals surface area contributed by atoms with Crippen LogP contribution in [0.3, 0.4) is 0 Å². The SMILES string of the molecule is CN(C)CCNc1cc(-c2ncnc3c2CCC3)c2cc[nH]c2n1. The summed E-state index contributed by atoms with van der Waals surface area (Å²) in [6, 6.07) is 4.19. The smallest absolute Gasteiger partial charge is 0.140 e. The van der Waals surface area contributed by atoms with Crippen molar-refractivity contribution in [2.45, 2.75) is 19.3 Å². The molecule has 3 heterocycles. The van der Waals surface area contributed by atoms with E-state index in [1.54, 1.807) is 6.33 Å². The van der Waals surface area contributed by atoms with E-state index in [2.05, 4.69) is 56.4 Å². The number of nitrogens with zero attached hydrogens (tertiary/aromatic N) is 4. The molecule has 0 unspecified atom stereocenters. The summed E-state index contributed by atoms with van der Waals surface area (Å²) in [7, 11) is 4.14. The number of rotatable bonds is 5. The van der Waals surface area contributed by atoms with Crippen LogP contribution in [0.15, 0.2) is 24.7 Å². The Hall–Kier alpha value is -2.47. The Morgan fingerprint density at radius 2 is 2.17 bits per heavy atom. The fourth-order valence-corrected chi connectivity index (χ4v) is 3.32. The van der Waals surface area contributed by atoms with E-state index in [4.69, 9.17) is 0 Å². The molecule has 0 saturated heterocycles. The first-order valence-electron chi connectivity index (χ1n) is 8.42. The van der Waals surface area contributed by atoms with Crippen molar-refractivity contribution in [2.75, 3.05) is 32.5 Å². The van der Waals surface area contributed by atoms with Gasteiger partial charge < -0.3 is 15.2 Å². The average molecular weight is 322 g/mol. The van der Waals surface area contributed by atoms with Crippen molar-refractivity contribution in [2.24, 2.45) is 0 Å². The third-order valence-electron chi connectivity index (χ3n) is 4.52. The highest BCUT2D eigenvalue weighted by molar-refractivity contribution is 5.94. The van der Waals surface area contributed by atoms with E-state index in [0.29, 0.717) is 0 Å². The molecule has 0 radical (unpaired) electrons. The number of H-pyrrole nitrogens is 1. The van der Waals surface area contributed by atoms with Crippen molar-refractivity contribution in [3.63, 3.8) is 0 Å². The number of aromatic nitrogens is 4. The number of anilines is 1. The van der Waals surface area contributed by atoms with Crippen LogP contribution in [0.2, 0.25) is 0 Å². The molecule has 24 heavy (non-hydrogen) atoms. The van der Waals surface area contributed by atoms with Crippen molar-refractivity contribution in [1.29, 1.82) is 0 Å². The van der Waals surface area contributed by atoms with Gasteiger partial charge >= 0.3 is 0 Å². The summed E-state index contributed by atoms with van der Waals surface area (Å²) < 4.78 is 0. The van der Waals surface area contributed by atoms with Gasteiger partial charge in [-0.15, -0.1) is 0 Å². The molecule has 3 aromatic heterocycles. The zero-order valence-corrected chi connectivity index (χ0v) is 14.1. The third-order valence-corrected chi connectivity index (χ3v) is 4.52. The number of aryl methyl sites for hydroxylation is 1. The minimum Gasteiger partial charge on any atom is -0.369 e. The normalized spacial score (nSPS) is 13.6. The van der Waals surface area contributed by atoms with Gasteiger partial charge in [-0.2, -0.15) is 0 Å². The summed E-state index contributed by atoms with van der Waals surface area (Å²) in [4.78, 5) is 19.1. The van der Waals surface area contributed by atoms with Gasteiger partial charge in [0.05, 0.1) is 5.69 Å². The van der Waals surface area contributed by atoms with Gasteiger partial charge in [-0.3, -0.25) is 0 Å². The van der Waals surface area contributed by atoms with Crippen LogP contribution in [0.5, 0.6) is 0 Å². The van der Waals surface area contributed by atoms with Gasteiger partial charge in [0.25, 0.3) is 0 Å². The van der Waals surface area contributed by atoms with Crippen LogP contribution < -0.4 is 5.32 Å². The Labute approximate surface area is 141 Å². The monoisotopic (exact) mass is 322 g/mol. The molecule has 0 aromatic carbocycles. The fourth-order valence-electron chi connectivity index (χ4n) is 3.32. The third kappa shape index (κ3) is 2.73. The van der Waals surface area contributed by atoms with Crippen molar-refractivity contribution >= 4 is 16.9 Å². The minimum absolute atomic E-state index is 0.855. The molecule has 1 aliphatic carbocycles. The highest BCUT2D eigenvalue weighted by Crippen LogP contribution is 2.34.